The fourth-order valence-electron chi connectivity index (χ4n) is 3.67. The Balaban J connectivity index is 1.66. The number of halogens is 2. The van der Waals surface area contributed by atoms with Crippen LogP contribution in [0.5, 0.6) is 11.5 Å². The van der Waals surface area contributed by atoms with E-state index in [0.29, 0.717) is 35.2 Å². The second-order valence-corrected chi connectivity index (χ2v) is 8.37. The first-order chi connectivity index (χ1) is 15.0. The Morgan fingerprint density at radius 2 is 1.90 bits per heavy atom. The molecule has 3 aromatic carbocycles. The van der Waals surface area contributed by atoms with Crippen LogP contribution in [0, 0.1) is 0 Å². The van der Waals surface area contributed by atoms with E-state index in [-0.39, 0.29) is 5.91 Å². The summed E-state index contributed by atoms with van der Waals surface area (Å²) in [4.78, 5) is 14.8. The normalized spacial score (nSPS) is 14.1. The highest BCUT2D eigenvalue weighted by molar-refractivity contribution is 9.10. The fraction of sp³-hybridized carbons (Fsp3) is 0.160. The largest absolute Gasteiger partial charge is 0.493 e. The van der Waals surface area contributed by atoms with Gasteiger partial charge in [0.2, 0.25) is 0 Å². The summed E-state index contributed by atoms with van der Waals surface area (Å²) in [6.45, 7) is 2.95. The van der Waals surface area contributed by atoms with Crippen LogP contribution >= 0.6 is 27.5 Å². The molecule has 0 unspecified atom stereocenters. The number of anilines is 1. The highest BCUT2D eigenvalue weighted by Crippen LogP contribution is 2.41. The SMILES string of the molecule is CCN1C(=O)/C(=C\c2cc(Br)c(OCc3cccc(Cl)c3)c(OC)c2)c2ccccc21. The molecule has 1 heterocycles. The van der Waals surface area contributed by atoms with Gasteiger partial charge in [0.1, 0.15) is 6.61 Å². The van der Waals surface area contributed by atoms with Gasteiger partial charge in [0, 0.05) is 22.7 Å². The second-order valence-electron chi connectivity index (χ2n) is 7.08. The second kappa shape index (κ2) is 9.16. The molecule has 1 aliphatic rings. The molecule has 0 N–H and O–H groups in total. The first kappa shape index (κ1) is 21.5. The number of carbonyl (C=O) groups is 1. The maximum Gasteiger partial charge on any atom is 0.258 e. The molecule has 1 amide bonds. The lowest BCUT2D eigenvalue weighted by Gasteiger charge is -2.14. The third kappa shape index (κ3) is 4.34. The molecule has 0 bridgehead atoms. The zero-order valence-corrected chi connectivity index (χ0v) is 19.5. The van der Waals surface area contributed by atoms with Gasteiger partial charge in [-0.2, -0.15) is 0 Å². The molecule has 0 saturated heterocycles. The van der Waals surface area contributed by atoms with Crippen LogP contribution in [0.25, 0.3) is 11.6 Å². The highest BCUT2D eigenvalue weighted by atomic mass is 79.9. The van der Waals surface area contributed by atoms with E-state index in [4.69, 9.17) is 21.1 Å². The average Bonchev–Trinajstić information content (AvgIpc) is 3.03. The summed E-state index contributed by atoms with van der Waals surface area (Å²) in [7, 11) is 1.60. The van der Waals surface area contributed by atoms with Gasteiger partial charge in [-0.05, 0) is 70.4 Å². The molecular weight excluding hydrogens is 478 g/mol. The summed E-state index contributed by atoms with van der Waals surface area (Å²) in [5, 5.41) is 0.664. The maximum atomic E-state index is 13.0. The number of hydrogen-bond donors (Lipinski definition) is 0. The molecule has 0 fully saturated rings. The average molecular weight is 499 g/mol. The van der Waals surface area contributed by atoms with Crippen molar-refractivity contribution in [3.8, 4) is 11.5 Å². The molecule has 3 aromatic rings. The number of nitrogens with zero attached hydrogens (tertiary/aromatic N) is 1. The third-order valence-corrected chi connectivity index (χ3v) is 5.94. The topological polar surface area (TPSA) is 38.8 Å². The van der Waals surface area contributed by atoms with Crippen molar-refractivity contribution in [3.63, 3.8) is 0 Å². The lowest BCUT2D eigenvalue weighted by Crippen LogP contribution is -2.25. The van der Waals surface area contributed by atoms with Crippen LogP contribution in [0.3, 0.4) is 0 Å². The van der Waals surface area contributed by atoms with Crippen LogP contribution < -0.4 is 14.4 Å². The van der Waals surface area contributed by atoms with Crippen LogP contribution in [0.1, 0.15) is 23.6 Å². The summed E-state index contributed by atoms with van der Waals surface area (Å²) in [6, 6.07) is 19.2. The molecule has 4 rings (SSSR count). The molecule has 0 saturated carbocycles. The van der Waals surface area contributed by atoms with Crippen molar-refractivity contribution in [2.75, 3.05) is 18.6 Å². The van der Waals surface area contributed by atoms with Crippen molar-refractivity contribution in [1.82, 2.24) is 0 Å². The molecule has 31 heavy (non-hydrogen) atoms. The lowest BCUT2D eigenvalue weighted by molar-refractivity contribution is -0.112. The van der Waals surface area contributed by atoms with E-state index < -0.39 is 0 Å². The number of amides is 1. The van der Waals surface area contributed by atoms with E-state index in [1.807, 2.05) is 73.7 Å². The van der Waals surface area contributed by atoms with Crippen LogP contribution in [0.15, 0.2) is 65.1 Å². The monoisotopic (exact) mass is 497 g/mol. The zero-order chi connectivity index (χ0) is 22.0. The van der Waals surface area contributed by atoms with Gasteiger partial charge in [-0.3, -0.25) is 4.79 Å². The molecule has 0 aliphatic carbocycles. The number of fused-ring (bicyclic) bond motifs is 1. The summed E-state index contributed by atoms with van der Waals surface area (Å²) in [5.74, 6) is 1.17. The summed E-state index contributed by atoms with van der Waals surface area (Å²) in [5.41, 5.74) is 4.34. The van der Waals surface area contributed by atoms with Crippen LogP contribution in [0.2, 0.25) is 5.02 Å². The Morgan fingerprint density at radius 3 is 2.65 bits per heavy atom. The maximum absolute atomic E-state index is 13.0. The van der Waals surface area contributed by atoms with Crippen molar-refractivity contribution in [3.05, 3.63) is 86.8 Å². The number of hydrogen-bond acceptors (Lipinski definition) is 3. The van der Waals surface area contributed by atoms with Crippen LogP contribution in [-0.4, -0.2) is 19.6 Å². The molecule has 0 spiro atoms. The Hall–Kier alpha value is -2.76. The standard InChI is InChI=1S/C25H21BrClNO3/c1-3-28-22-10-5-4-9-19(22)20(25(28)29)12-17-13-21(26)24(23(14-17)30-2)31-15-16-7-6-8-18(27)11-16/h4-14H,3,15H2,1-2H3/b20-12-. The van der Waals surface area contributed by atoms with Gasteiger partial charge < -0.3 is 14.4 Å². The molecule has 1 aliphatic heterocycles. The number of likely N-dealkylation sites (N-methyl/N-ethyl adjacent to an activating group) is 1. The summed E-state index contributed by atoms with van der Waals surface area (Å²) >= 11 is 9.65. The smallest absolute Gasteiger partial charge is 0.258 e. The number of carbonyl (C=O) groups excluding carboxylic acids is 1. The minimum Gasteiger partial charge on any atom is -0.493 e. The molecule has 4 nitrogen and oxygen atoms in total. The Morgan fingerprint density at radius 1 is 1.10 bits per heavy atom. The quantitative estimate of drug-likeness (QED) is 0.360. The molecule has 0 atom stereocenters. The van der Waals surface area contributed by atoms with E-state index in [2.05, 4.69) is 15.9 Å². The Labute approximate surface area is 195 Å². The minimum absolute atomic E-state index is 0.0000668. The van der Waals surface area contributed by atoms with Crippen LogP contribution in [-0.2, 0) is 11.4 Å². The molecule has 6 heteroatoms. The molecular formula is C25H21BrClNO3. The number of para-hydroxylation sites is 1. The van der Waals surface area contributed by atoms with Gasteiger partial charge in [-0.25, -0.2) is 0 Å². The number of ether oxygens (including phenoxy) is 2. The predicted octanol–water partition coefficient (Wildman–Crippen LogP) is 6.60. The first-order valence-corrected chi connectivity index (χ1v) is 11.1. The number of rotatable bonds is 6. The van der Waals surface area contributed by atoms with Gasteiger partial charge in [0.25, 0.3) is 5.91 Å². The summed E-state index contributed by atoms with van der Waals surface area (Å²) < 4.78 is 12.3. The molecule has 0 radical (unpaired) electrons. The van der Waals surface area contributed by atoms with Crippen molar-refractivity contribution in [2.45, 2.75) is 13.5 Å². The van der Waals surface area contributed by atoms with Gasteiger partial charge in [-0.15, -0.1) is 0 Å². The van der Waals surface area contributed by atoms with Crippen molar-refractivity contribution in [1.29, 1.82) is 0 Å². The van der Waals surface area contributed by atoms with E-state index in [9.17, 15) is 4.79 Å². The first-order valence-electron chi connectivity index (χ1n) is 9.89. The number of methoxy groups -OCH3 is 1. The van der Waals surface area contributed by atoms with Crippen molar-refractivity contribution < 1.29 is 14.3 Å². The zero-order valence-electron chi connectivity index (χ0n) is 17.2. The molecule has 158 valence electrons. The minimum atomic E-state index is 0.0000668. The third-order valence-electron chi connectivity index (χ3n) is 5.11. The fourth-order valence-corrected chi connectivity index (χ4v) is 4.46. The van der Waals surface area contributed by atoms with E-state index in [1.165, 1.54) is 0 Å². The van der Waals surface area contributed by atoms with Gasteiger partial charge >= 0.3 is 0 Å². The van der Waals surface area contributed by atoms with Gasteiger partial charge in [0.15, 0.2) is 11.5 Å². The van der Waals surface area contributed by atoms with Crippen molar-refractivity contribution >= 4 is 50.8 Å². The summed E-state index contributed by atoms with van der Waals surface area (Å²) in [6.07, 6.45) is 1.89. The van der Waals surface area contributed by atoms with Gasteiger partial charge in [0.05, 0.1) is 17.3 Å². The van der Waals surface area contributed by atoms with E-state index >= 15 is 0 Å². The Bertz CT molecular complexity index is 1180. The highest BCUT2D eigenvalue weighted by Gasteiger charge is 2.30. The van der Waals surface area contributed by atoms with E-state index in [0.717, 1.165) is 26.9 Å². The van der Waals surface area contributed by atoms with Crippen molar-refractivity contribution in [2.24, 2.45) is 0 Å². The lowest BCUT2D eigenvalue weighted by atomic mass is 10.0. The molecule has 0 aromatic heterocycles. The van der Waals surface area contributed by atoms with Crippen LogP contribution in [0.4, 0.5) is 5.69 Å². The predicted molar refractivity (Wildman–Crippen MR) is 129 cm³/mol. The number of benzene rings is 3. The Kier molecular flexibility index (Phi) is 6.35. The van der Waals surface area contributed by atoms with E-state index in [1.54, 1.807) is 12.0 Å². The van der Waals surface area contributed by atoms with Gasteiger partial charge in [-0.1, -0.05) is 41.9 Å².